The van der Waals surface area contributed by atoms with Crippen molar-refractivity contribution in [2.75, 3.05) is 23.3 Å². The van der Waals surface area contributed by atoms with Crippen LogP contribution in [0.2, 0.25) is 0 Å². The summed E-state index contributed by atoms with van der Waals surface area (Å²) >= 11 is 0. The minimum Gasteiger partial charge on any atom is -0.372 e. The van der Waals surface area contributed by atoms with Gasteiger partial charge in [0.2, 0.25) is 5.91 Å². The second-order valence-corrected chi connectivity index (χ2v) is 6.49. The Balaban J connectivity index is 1.61. The number of amides is 1. The highest BCUT2D eigenvalue weighted by molar-refractivity contribution is 5.93. The summed E-state index contributed by atoms with van der Waals surface area (Å²) in [5, 5.41) is 3.11. The first kappa shape index (κ1) is 14.4. The number of anilines is 2. The van der Waals surface area contributed by atoms with E-state index < -0.39 is 0 Å². The fraction of sp³-hybridized carbons (Fsp3) is 0.611. The first-order valence-corrected chi connectivity index (χ1v) is 8.37. The van der Waals surface area contributed by atoms with Crippen LogP contribution >= 0.6 is 0 Å². The molecule has 0 heterocycles. The van der Waals surface area contributed by atoms with Crippen molar-refractivity contribution < 1.29 is 4.79 Å². The highest BCUT2D eigenvalue weighted by atomic mass is 16.1. The fourth-order valence-corrected chi connectivity index (χ4v) is 4.15. The van der Waals surface area contributed by atoms with Crippen LogP contribution < -0.4 is 10.2 Å². The van der Waals surface area contributed by atoms with Crippen LogP contribution in [0.4, 0.5) is 11.4 Å². The van der Waals surface area contributed by atoms with Crippen LogP contribution in [0.25, 0.3) is 0 Å². The topological polar surface area (TPSA) is 32.3 Å². The van der Waals surface area contributed by atoms with Crippen LogP contribution in [0.5, 0.6) is 0 Å². The lowest BCUT2D eigenvalue weighted by Gasteiger charge is -2.22. The average Bonchev–Trinajstić information content (AvgIpc) is 3.13. The van der Waals surface area contributed by atoms with E-state index in [2.05, 4.69) is 36.2 Å². The SMILES string of the molecule is CCN(CC)c1ccc(NC(=O)[C@@H]2C[C@@H]3CC[C@@H]2C3)cc1. The van der Waals surface area contributed by atoms with Gasteiger partial charge in [-0.25, -0.2) is 0 Å². The molecule has 1 N–H and O–H groups in total. The third-order valence-corrected chi connectivity index (χ3v) is 5.34. The smallest absolute Gasteiger partial charge is 0.227 e. The Labute approximate surface area is 127 Å². The van der Waals surface area contributed by atoms with Gasteiger partial charge in [-0.2, -0.15) is 0 Å². The Kier molecular flexibility index (Phi) is 4.18. The van der Waals surface area contributed by atoms with Crippen molar-refractivity contribution in [3.05, 3.63) is 24.3 Å². The summed E-state index contributed by atoms with van der Waals surface area (Å²) < 4.78 is 0. The van der Waals surface area contributed by atoms with Crippen LogP contribution in [0.1, 0.15) is 39.5 Å². The van der Waals surface area contributed by atoms with E-state index >= 15 is 0 Å². The molecule has 2 aliphatic carbocycles. The minimum absolute atomic E-state index is 0.234. The number of carbonyl (C=O) groups excluding carboxylic acids is 1. The highest BCUT2D eigenvalue weighted by Gasteiger charge is 2.42. The van der Waals surface area contributed by atoms with Crippen molar-refractivity contribution >= 4 is 17.3 Å². The van der Waals surface area contributed by atoms with Gasteiger partial charge in [-0.05, 0) is 69.2 Å². The Bertz CT molecular complexity index is 492. The number of carbonyl (C=O) groups is 1. The summed E-state index contributed by atoms with van der Waals surface area (Å²) in [4.78, 5) is 14.7. The zero-order valence-electron chi connectivity index (χ0n) is 13.1. The maximum Gasteiger partial charge on any atom is 0.227 e. The van der Waals surface area contributed by atoms with E-state index in [1.807, 2.05) is 12.1 Å². The summed E-state index contributed by atoms with van der Waals surface area (Å²) in [5.74, 6) is 1.95. The molecule has 0 saturated heterocycles. The first-order chi connectivity index (χ1) is 10.2. The number of rotatable bonds is 5. The van der Waals surface area contributed by atoms with E-state index in [1.165, 1.54) is 24.9 Å². The van der Waals surface area contributed by atoms with Crippen LogP contribution in [0, 0.1) is 17.8 Å². The van der Waals surface area contributed by atoms with E-state index in [0.717, 1.165) is 31.1 Å². The molecular formula is C18H26N2O. The molecule has 3 nitrogen and oxygen atoms in total. The summed E-state index contributed by atoms with van der Waals surface area (Å²) in [6.07, 6.45) is 4.98. The highest BCUT2D eigenvalue weighted by Crippen LogP contribution is 2.48. The molecule has 2 aliphatic rings. The molecule has 1 aromatic carbocycles. The molecule has 3 heteroatoms. The average molecular weight is 286 g/mol. The van der Waals surface area contributed by atoms with Crippen molar-refractivity contribution in [1.29, 1.82) is 0 Å². The van der Waals surface area contributed by atoms with Crippen LogP contribution in [0.15, 0.2) is 24.3 Å². The Hall–Kier alpha value is -1.51. The van der Waals surface area contributed by atoms with Crippen molar-refractivity contribution in [1.82, 2.24) is 0 Å². The van der Waals surface area contributed by atoms with Gasteiger partial charge in [0.05, 0.1) is 0 Å². The number of fused-ring (bicyclic) bond motifs is 2. The van der Waals surface area contributed by atoms with Crippen molar-refractivity contribution in [2.45, 2.75) is 39.5 Å². The number of benzene rings is 1. The number of hydrogen-bond acceptors (Lipinski definition) is 2. The molecule has 2 bridgehead atoms. The van der Waals surface area contributed by atoms with Gasteiger partial charge in [-0.3, -0.25) is 4.79 Å². The predicted octanol–water partition coefficient (Wildman–Crippen LogP) is 3.91. The second-order valence-electron chi connectivity index (χ2n) is 6.49. The van der Waals surface area contributed by atoms with Crippen molar-refractivity contribution in [3.63, 3.8) is 0 Å². The minimum atomic E-state index is 0.234. The third kappa shape index (κ3) is 2.92. The molecule has 0 aromatic heterocycles. The zero-order chi connectivity index (χ0) is 14.8. The van der Waals surface area contributed by atoms with Crippen molar-refractivity contribution in [3.8, 4) is 0 Å². The first-order valence-electron chi connectivity index (χ1n) is 8.37. The summed E-state index contributed by atoms with van der Waals surface area (Å²) in [6, 6.07) is 8.25. The lowest BCUT2D eigenvalue weighted by Crippen LogP contribution is -2.27. The van der Waals surface area contributed by atoms with E-state index in [-0.39, 0.29) is 11.8 Å². The van der Waals surface area contributed by atoms with Gasteiger partial charge >= 0.3 is 0 Å². The van der Waals surface area contributed by atoms with Crippen LogP contribution in [0.3, 0.4) is 0 Å². The van der Waals surface area contributed by atoms with Gasteiger partial charge in [0.25, 0.3) is 0 Å². The monoisotopic (exact) mass is 286 g/mol. The maximum atomic E-state index is 12.4. The molecule has 2 fully saturated rings. The molecule has 2 saturated carbocycles. The summed E-state index contributed by atoms with van der Waals surface area (Å²) in [5.41, 5.74) is 2.15. The van der Waals surface area contributed by atoms with Gasteiger partial charge in [0.15, 0.2) is 0 Å². The van der Waals surface area contributed by atoms with Gasteiger partial charge < -0.3 is 10.2 Å². The lowest BCUT2D eigenvalue weighted by atomic mass is 9.88. The zero-order valence-corrected chi connectivity index (χ0v) is 13.1. The number of hydrogen-bond donors (Lipinski definition) is 1. The van der Waals surface area contributed by atoms with E-state index in [4.69, 9.17) is 0 Å². The molecule has 21 heavy (non-hydrogen) atoms. The fourth-order valence-electron chi connectivity index (χ4n) is 4.15. The van der Waals surface area contributed by atoms with Crippen molar-refractivity contribution in [2.24, 2.45) is 17.8 Å². The molecule has 1 amide bonds. The molecule has 3 atom stereocenters. The molecule has 3 rings (SSSR count). The molecule has 1 aromatic rings. The molecule has 0 spiro atoms. The summed E-state index contributed by atoms with van der Waals surface area (Å²) in [7, 11) is 0. The van der Waals surface area contributed by atoms with Crippen LogP contribution in [-0.2, 0) is 4.79 Å². The normalized spacial score (nSPS) is 26.9. The molecule has 0 radical (unpaired) electrons. The van der Waals surface area contributed by atoms with Gasteiger partial charge in [0.1, 0.15) is 0 Å². The Morgan fingerprint density at radius 3 is 2.38 bits per heavy atom. The predicted molar refractivity (Wildman–Crippen MR) is 87.6 cm³/mol. The second kappa shape index (κ2) is 6.08. The quantitative estimate of drug-likeness (QED) is 0.890. The molecule has 0 unspecified atom stereocenters. The van der Waals surface area contributed by atoms with Gasteiger partial charge in [-0.15, -0.1) is 0 Å². The molecule has 0 aliphatic heterocycles. The van der Waals surface area contributed by atoms with E-state index in [9.17, 15) is 4.79 Å². The third-order valence-electron chi connectivity index (χ3n) is 5.34. The Morgan fingerprint density at radius 1 is 1.14 bits per heavy atom. The standard InChI is InChI=1S/C18H26N2O/c1-3-20(4-2)16-9-7-15(8-10-16)19-18(21)17-12-13-5-6-14(17)11-13/h7-10,13-14,17H,3-6,11-12H2,1-2H3,(H,19,21)/t13-,14-,17-/m1/s1. The molecular weight excluding hydrogens is 260 g/mol. The maximum absolute atomic E-state index is 12.4. The summed E-state index contributed by atoms with van der Waals surface area (Å²) in [6.45, 7) is 6.34. The van der Waals surface area contributed by atoms with E-state index in [0.29, 0.717) is 5.92 Å². The Morgan fingerprint density at radius 2 is 1.86 bits per heavy atom. The lowest BCUT2D eigenvalue weighted by molar-refractivity contribution is -0.121. The van der Waals surface area contributed by atoms with E-state index in [1.54, 1.807) is 0 Å². The number of nitrogens with zero attached hydrogens (tertiary/aromatic N) is 1. The van der Waals surface area contributed by atoms with Crippen LogP contribution in [-0.4, -0.2) is 19.0 Å². The largest absolute Gasteiger partial charge is 0.372 e. The van der Waals surface area contributed by atoms with Gasteiger partial charge in [0, 0.05) is 30.4 Å². The molecule has 114 valence electrons. The van der Waals surface area contributed by atoms with Gasteiger partial charge in [-0.1, -0.05) is 6.42 Å². The number of nitrogens with one attached hydrogen (secondary N) is 1.